The smallest absolute Gasteiger partial charge is 0.257 e. The Morgan fingerprint density at radius 1 is 0.778 bits per heavy atom. The molecule has 27 heavy (non-hydrogen) atoms. The van der Waals surface area contributed by atoms with Crippen LogP contribution in [0.15, 0.2) is 48.5 Å². The Morgan fingerprint density at radius 2 is 1.22 bits per heavy atom. The Bertz CT molecular complexity index is 698. The van der Waals surface area contributed by atoms with E-state index in [1.54, 1.807) is 0 Å². The SMILES string of the molecule is Cc1cccc(OCC(=O)NCCCNC(=O)COc2cccc(C)c2)c1. The van der Waals surface area contributed by atoms with Gasteiger partial charge in [-0.2, -0.15) is 0 Å². The van der Waals surface area contributed by atoms with Gasteiger partial charge in [-0.25, -0.2) is 0 Å². The van der Waals surface area contributed by atoms with Gasteiger partial charge >= 0.3 is 0 Å². The number of carbonyl (C=O) groups excluding carboxylic acids is 2. The quantitative estimate of drug-likeness (QED) is 0.630. The summed E-state index contributed by atoms with van der Waals surface area (Å²) in [6, 6.07) is 15.1. The first-order valence-electron chi connectivity index (χ1n) is 8.95. The molecule has 6 heteroatoms. The first kappa shape index (κ1) is 20.3. The lowest BCUT2D eigenvalue weighted by Crippen LogP contribution is -2.34. The average molecular weight is 370 g/mol. The number of rotatable bonds is 10. The lowest BCUT2D eigenvalue weighted by molar-refractivity contribution is -0.123. The normalized spacial score (nSPS) is 10.1. The number of aryl methyl sites for hydroxylation is 2. The van der Waals surface area contributed by atoms with Crippen molar-refractivity contribution >= 4 is 11.8 Å². The number of benzene rings is 2. The highest BCUT2D eigenvalue weighted by atomic mass is 16.5. The van der Waals surface area contributed by atoms with E-state index in [1.165, 1.54) is 0 Å². The van der Waals surface area contributed by atoms with Crippen molar-refractivity contribution in [2.75, 3.05) is 26.3 Å². The second kappa shape index (κ2) is 10.9. The van der Waals surface area contributed by atoms with Crippen LogP contribution >= 0.6 is 0 Å². The molecule has 0 atom stereocenters. The van der Waals surface area contributed by atoms with Crippen molar-refractivity contribution in [2.24, 2.45) is 0 Å². The minimum absolute atomic E-state index is 0.0276. The summed E-state index contributed by atoms with van der Waals surface area (Å²) in [5.41, 5.74) is 2.16. The molecule has 0 bridgehead atoms. The van der Waals surface area contributed by atoms with Crippen molar-refractivity contribution in [3.05, 3.63) is 59.7 Å². The molecule has 0 aliphatic carbocycles. The fourth-order valence-electron chi connectivity index (χ4n) is 2.35. The molecule has 6 nitrogen and oxygen atoms in total. The van der Waals surface area contributed by atoms with Crippen LogP contribution in [0, 0.1) is 13.8 Å². The van der Waals surface area contributed by atoms with E-state index >= 15 is 0 Å². The second-order valence-electron chi connectivity index (χ2n) is 6.26. The van der Waals surface area contributed by atoms with E-state index in [2.05, 4.69) is 10.6 Å². The first-order chi connectivity index (χ1) is 13.0. The van der Waals surface area contributed by atoms with Crippen molar-refractivity contribution in [3.63, 3.8) is 0 Å². The van der Waals surface area contributed by atoms with Gasteiger partial charge in [-0.05, 0) is 55.7 Å². The van der Waals surface area contributed by atoms with Crippen LogP contribution in [-0.2, 0) is 9.59 Å². The molecule has 2 rings (SSSR count). The lowest BCUT2D eigenvalue weighted by Gasteiger charge is -2.09. The summed E-state index contributed by atoms with van der Waals surface area (Å²) in [5.74, 6) is 0.966. The number of hydrogen-bond acceptors (Lipinski definition) is 4. The largest absolute Gasteiger partial charge is 0.484 e. The molecule has 0 saturated carbocycles. The molecule has 2 aromatic carbocycles. The third-order valence-electron chi connectivity index (χ3n) is 3.72. The van der Waals surface area contributed by atoms with Crippen molar-refractivity contribution in [1.29, 1.82) is 0 Å². The van der Waals surface area contributed by atoms with Crippen molar-refractivity contribution in [1.82, 2.24) is 10.6 Å². The fraction of sp³-hybridized carbons (Fsp3) is 0.333. The molecule has 2 N–H and O–H groups in total. The van der Waals surface area contributed by atoms with Gasteiger partial charge in [-0.15, -0.1) is 0 Å². The lowest BCUT2D eigenvalue weighted by atomic mass is 10.2. The van der Waals surface area contributed by atoms with Crippen LogP contribution in [0.3, 0.4) is 0 Å². The third kappa shape index (κ3) is 8.27. The zero-order valence-electron chi connectivity index (χ0n) is 15.8. The maximum absolute atomic E-state index is 11.7. The van der Waals surface area contributed by atoms with E-state index in [4.69, 9.17) is 9.47 Å². The molecule has 0 fully saturated rings. The van der Waals surface area contributed by atoms with Gasteiger partial charge in [0.15, 0.2) is 13.2 Å². The summed E-state index contributed by atoms with van der Waals surface area (Å²) in [4.78, 5) is 23.5. The van der Waals surface area contributed by atoms with E-state index < -0.39 is 0 Å². The van der Waals surface area contributed by atoms with Gasteiger partial charge < -0.3 is 20.1 Å². The molecule has 0 saturated heterocycles. The molecule has 0 aromatic heterocycles. The van der Waals surface area contributed by atoms with Gasteiger partial charge in [0.05, 0.1) is 0 Å². The predicted molar refractivity (Wildman–Crippen MR) is 104 cm³/mol. The average Bonchev–Trinajstić information content (AvgIpc) is 2.64. The molecular weight excluding hydrogens is 344 g/mol. The molecule has 144 valence electrons. The van der Waals surface area contributed by atoms with Crippen LogP contribution in [0.2, 0.25) is 0 Å². The van der Waals surface area contributed by atoms with Crippen LogP contribution in [-0.4, -0.2) is 38.1 Å². The first-order valence-corrected chi connectivity index (χ1v) is 8.95. The molecule has 2 aromatic rings. The highest BCUT2D eigenvalue weighted by Gasteiger charge is 2.04. The van der Waals surface area contributed by atoms with Crippen LogP contribution in [0.4, 0.5) is 0 Å². The van der Waals surface area contributed by atoms with Crippen molar-refractivity contribution in [3.8, 4) is 11.5 Å². The second-order valence-corrected chi connectivity index (χ2v) is 6.26. The highest BCUT2D eigenvalue weighted by molar-refractivity contribution is 5.78. The van der Waals surface area contributed by atoms with E-state index in [0.29, 0.717) is 31.0 Å². The number of nitrogens with one attached hydrogen (secondary N) is 2. The van der Waals surface area contributed by atoms with Gasteiger partial charge in [0, 0.05) is 13.1 Å². The molecule has 2 amide bonds. The number of amides is 2. The predicted octanol–water partition coefficient (Wildman–Crippen LogP) is 2.38. The summed E-state index contributed by atoms with van der Waals surface area (Å²) >= 11 is 0. The van der Waals surface area contributed by atoms with Gasteiger partial charge in [0.1, 0.15) is 11.5 Å². The molecular formula is C21H26N2O4. The Labute approximate surface area is 159 Å². The maximum atomic E-state index is 11.7. The summed E-state index contributed by atoms with van der Waals surface area (Å²) in [7, 11) is 0. The van der Waals surface area contributed by atoms with Crippen molar-refractivity contribution < 1.29 is 19.1 Å². The molecule has 0 spiro atoms. The molecule has 0 aliphatic rings. The molecule has 0 radical (unpaired) electrons. The van der Waals surface area contributed by atoms with E-state index in [9.17, 15) is 9.59 Å². The van der Waals surface area contributed by atoms with Gasteiger partial charge in [-0.3, -0.25) is 9.59 Å². The number of carbonyl (C=O) groups is 2. The summed E-state index contributed by atoms with van der Waals surface area (Å²) in [6.07, 6.45) is 0.631. The fourth-order valence-corrected chi connectivity index (χ4v) is 2.35. The Morgan fingerprint density at radius 3 is 1.63 bits per heavy atom. The minimum Gasteiger partial charge on any atom is -0.484 e. The highest BCUT2D eigenvalue weighted by Crippen LogP contribution is 2.12. The Kier molecular flexibility index (Phi) is 8.16. The Hall–Kier alpha value is -3.02. The zero-order valence-corrected chi connectivity index (χ0v) is 15.8. The van der Waals surface area contributed by atoms with Gasteiger partial charge in [0.2, 0.25) is 0 Å². The molecule has 0 heterocycles. The number of ether oxygens (including phenoxy) is 2. The summed E-state index contributed by atoms with van der Waals surface area (Å²) < 4.78 is 10.9. The Balaban J connectivity index is 1.52. The van der Waals surface area contributed by atoms with E-state index in [0.717, 1.165) is 11.1 Å². The van der Waals surface area contributed by atoms with Crippen LogP contribution in [0.25, 0.3) is 0 Å². The summed E-state index contributed by atoms with van der Waals surface area (Å²) in [6.45, 7) is 4.81. The van der Waals surface area contributed by atoms with E-state index in [1.807, 2.05) is 62.4 Å². The standard InChI is InChI=1S/C21H26N2O4/c1-16-6-3-8-18(12-16)26-14-20(24)22-10-5-11-23-21(25)15-27-19-9-4-7-17(2)13-19/h3-4,6-9,12-13H,5,10-11,14-15H2,1-2H3,(H,22,24)(H,23,25). The third-order valence-corrected chi connectivity index (χ3v) is 3.72. The minimum atomic E-state index is -0.189. The van der Waals surface area contributed by atoms with Crippen LogP contribution in [0.5, 0.6) is 11.5 Å². The zero-order chi connectivity index (χ0) is 19.5. The van der Waals surface area contributed by atoms with Crippen LogP contribution in [0.1, 0.15) is 17.5 Å². The molecule has 0 unspecified atom stereocenters. The maximum Gasteiger partial charge on any atom is 0.257 e. The van der Waals surface area contributed by atoms with Gasteiger partial charge in [0.25, 0.3) is 11.8 Å². The van der Waals surface area contributed by atoms with E-state index in [-0.39, 0.29) is 25.0 Å². The van der Waals surface area contributed by atoms with Crippen molar-refractivity contribution in [2.45, 2.75) is 20.3 Å². The monoisotopic (exact) mass is 370 g/mol. The summed E-state index contributed by atoms with van der Waals surface area (Å²) in [5, 5.41) is 5.52. The number of hydrogen-bond donors (Lipinski definition) is 2. The van der Waals surface area contributed by atoms with Gasteiger partial charge in [-0.1, -0.05) is 24.3 Å². The van der Waals surface area contributed by atoms with Crippen LogP contribution < -0.4 is 20.1 Å². The topological polar surface area (TPSA) is 76.7 Å². The molecule has 0 aliphatic heterocycles.